The number of nitrogens with one attached hydrogen (secondary N) is 1. The minimum Gasteiger partial charge on any atom is -0.394 e. The second-order valence-corrected chi connectivity index (χ2v) is 5.73. The number of aromatic nitrogens is 1. The lowest BCUT2D eigenvalue weighted by atomic mass is 10.0. The Balaban J connectivity index is 1.98. The highest BCUT2D eigenvalue weighted by Gasteiger charge is 2.14. The summed E-state index contributed by atoms with van der Waals surface area (Å²) in [6.07, 6.45) is 1.78. The maximum atomic E-state index is 9.77. The Morgan fingerprint density at radius 2 is 1.90 bits per heavy atom. The Morgan fingerprint density at radius 1 is 1.10 bits per heavy atom. The van der Waals surface area contributed by atoms with Crippen LogP contribution in [-0.4, -0.2) is 16.7 Å². The molecule has 3 aromatic rings. The van der Waals surface area contributed by atoms with Crippen molar-refractivity contribution in [1.82, 2.24) is 4.98 Å². The third kappa shape index (κ3) is 3.06. The van der Waals surface area contributed by atoms with Crippen LogP contribution in [-0.2, 0) is 0 Å². The SMILES string of the molecule is OCC(Nc1cccc(Br)c1)c1cccc2cccnc12. The zero-order valence-corrected chi connectivity index (χ0v) is 12.9. The van der Waals surface area contributed by atoms with E-state index < -0.39 is 0 Å². The maximum absolute atomic E-state index is 9.77. The summed E-state index contributed by atoms with van der Waals surface area (Å²) in [4.78, 5) is 4.45. The quantitative estimate of drug-likeness (QED) is 0.748. The highest BCUT2D eigenvalue weighted by molar-refractivity contribution is 9.10. The normalized spacial score (nSPS) is 12.3. The van der Waals surface area contributed by atoms with E-state index in [1.165, 1.54) is 0 Å². The zero-order chi connectivity index (χ0) is 14.7. The smallest absolute Gasteiger partial charge is 0.0766 e. The minimum absolute atomic E-state index is 0.00218. The predicted octanol–water partition coefficient (Wildman–Crippen LogP) is 4.14. The zero-order valence-electron chi connectivity index (χ0n) is 11.3. The first-order valence-electron chi connectivity index (χ1n) is 6.74. The average molecular weight is 343 g/mol. The van der Waals surface area contributed by atoms with Gasteiger partial charge in [0.25, 0.3) is 0 Å². The highest BCUT2D eigenvalue weighted by Crippen LogP contribution is 2.26. The molecule has 1 atom stereocenters. The van der Waals surface area contributed by atoms with Crippen LogP contribution in [0.3, 0.4) is 0 Å². The van der Waals surface area contributed by atoms with Gasteiger partial charge in [-0.05, 0) is 24.3 Å². The molecule has 0 spiro atoms. The van der Waals surface area contributed by atoms with Gasteiger partial charge in [-0.25, -0.2) is 0 Å². The fraction of sp³-hybridized carbons (Fsp3) is 0.118. The minimum atomic E-state index is -0.196. The molecule has 1 aromatic heterocycles. The third-order valence-electron chi connectivity index (χ3n) is 3.39. The van der Waals surface area contributed by atoms with Crippen LogP contribution in [0.4, 0.5) is 5.69 Å². The first-order chi connectivity index (χ1) is 10.3. The number of hydrogen-bond donors (Lipinski definition) is 2. The van der Waals surface area contributed by atoms with Gasteiger partial charge in [0.2, 0.25) is 0 Å². The van der Waals surface area contributed by atoms with Gasteiger partial charge in [0.15, 0.2) is 0 Å². The van der Waals surface area contributed by atoms with Gasteiger partial charge in [-0.2, -0.15) is 0 Å². The number of halogens is 1. The average Bonchev–Trinajstić information content (AvgIpc) is 2.52. The summed E-state index contributed by atoms with van der Waals surface area (Å²) in [7, 11) is 0. The summed E-state index contributed by atoms with van der Waals surface area (Å²) in [5.41, 5.74) is 2.87. The second kappa shape index (κ2) is 6.24. The van der Waals surface area contributed by atoms with Crippen LogP contribution >= 0.6 is 15.9 Å². The topological polar surface area (TPSA) is 45.1 Å². The summed E-state index contributed by atoms with van der Waals surface area (Å²) < 4.78 is 1.00. The fourth-order valence-corrected chi connectivity index (χ4v) is 2.81. The summed E-state index contributed by atoms with van der Waals surface area (Å²) in [5, 5.41) is 14.2. The fourth-order valence-electron chi connectivity index (χ4n) is 2.41. The molecule has 0 amide bonds. The van der Waals surface area contributed by atoms with Crippen molar-refractivity contribution in [2.75, 3.05) is 11.9 Å². The van der Waals surface area contributed by atoms with E-state index in [2.05, 4.69) is 26.2 Å². The number of anilines is 1. The third-order valence-corrected chi connectivity index (χ3v) is 3.88. The van der Waals surface area contributed by atoms with Gasteiger partial charge >= 0.3 is 0 Å². The van der Waals surface area contributed by atoms with Crippen molar-refractivity contribution in [3.8, 4) is 0 Å². The number of para-hydroxylation sites is 1. The van der Waals surface area contributed by atoms with Crippen LogP contribution in [0, 0.1) is 0 Å². The Bertz CT molecular complexity index is 755. The highest BCUT2D eigenvalue weighted by atomic mass is 79.9. The molecule has 106 valence electrons. The number of rotatable bonds is 4. The molecule has 0 saturated heterocycles. The molecule has 1 heterocycles. The summed E-state index contributed by atoms with van der Waals surface area (Å²) in [6.45, 7) is 0.00218. The van der Waals surface area contributed by atoms with Crippen LogP contribution in [0.15, 0.2) is 65.3 Å². The molecule has 3 rings (SSSR count). The van der Waals surface area contributed by atoms with Crippen molar-refractivity contribution >= 4 is 32.5 Å². The largest absolute Gasteiger partial charge is 0.394 e. The van der Waals surface area contributed by atoms with Gasteiger partial charge in [0.05, 0.1) is 18.2 Å². The molecular formula is C17H15BrN2O. The lowest BCUT2D eigenvalue weighted by Crippen LogP contribution is -2.15. The van der Waals surface area contributed by atoms with Crippen LogP contribution < -0.4 is 5.32 Å². The van der Waals surface area contributed by atoms with Crippen LogP contribution in [0.25, 0.3) is 10.9 Å². The lowest BCUT2D eigenvalue weighted by Gasteiger charge is -2.19. The predicted molar refractivity (Wildman–Crippen MR) is 89.3 cm³/mol. The van der Waals surface area contributed by atoms with Gasteiger partial charge < -0.3 is 10.4 Å². The van der Waals surface area contributed by atoms with E-state index in [-0.39, 0.29) is 12.6 Å². The molecule has 4 heteroatoms. The molecule has 0 fully saturated rings. The number of pyridine rings is 1. The monoisotopic (exact) mass is 342 g/mol. The first-order valence-corrected chi connectivity index (χ1v) is 7.54. The number of aliphatic hydroxyl groups excluding tert-OH is 1. The Labute approximate surface area is 131 Å². The molecule has 21 heavy (non-hydrogen) atoms. The second-order valence-electron chi connectivity index (χ2n) is 4.81. The number of aliphatic hydroxyl groups is 1. The standard InChI is InChI=1S/C17H15BrN2O/c18-13-6-2-7-14(10-13)20-16(11-21)15-8-1-4-12-5-3-9-19-17(12)15/h1-10,16,20-21H,11H2. The molecule has 1 unspecified atom stereocenters. The maximum Gasteiger partial charge on any atom is 0.0766 e. The summed E-state index contributed by atoms with van der Waals surface area (Å²) in [6, 6.07) is 17.7. The Hall–Kier alpha value is -1.91. The van der Waals surface area contributed by atoms with Gasteiger partial charge in [-0.15, -0.1) is 0 Å². The number of hydrogen-bond acceptors (Lipinski definition) is 3. The molecule has 0 aliphatic rings. The van der Waals surface area contributed by atoms with Crippen molar-refractivity contribution in [2.24, 2.45) is 0 Å². The van der Waals surface area contributed by atoms with Gasteiger partial charge in [0, 0.05) is 27.3 Å². The van der Waals surface area contributed by atoms with E-state index in [0.717, 1.165) is 26.6 Å². The van der Waals surface area contributed by atoms with E-state index in [1.54, 1.807) is 6.20 Å². The molecule has 0 bridgehead atoms. The summed E-state index contributed by atoms with van der Waals surface area (Å²) in [5.74, 6) is 0. The van der Waals surface area contributed by atoms with Crippen molar-refractivity contribution in [3.05, 3.63) is 70.8 Å². The van der Waals surface area contributed by atoms with E-state index >= 15 is 0 Å². The summed E-state index contributed by atoms with van der Waals surface area (Å²) >= 11 is 3.46. The van der Waals surface area contributed by atoms with E-state index in [0.29, 0.717) is 0 Å². The molecular weight excluding hydrogens is 328 g/mol. The van der Waals surface area contributed by atoms with Crippen LogP contribution in [0.1, 0.15) is 11.6 Å². The van der Waals surface area contributed by atoms with Crippen LogP contribution in [0.5, 0.6) is 0 Å². The van der Waals surface area contributed by atoms with Crippen molar-refractivity contribution in [3.63, 3.8) is 0 Å². The van der Waals surface area contributed by atoms with E-state index in [9.17, 15) is 5.11 Å². The van der Waals surface area contributed by atoms with Crippen LogP contribution in [0.2, 0.25) is 0 Å². The van der Waals surface area contributed by atoms with Gasteiger partial charge in [0.1, 0.15) is 0 Å². The number of benzene rings is 2. The Kier molecular flexibility index (Phi) is 4.18. The van der Waals surface area contributed by atoms with Crippen molar-refractivity contribution < 1.29 is 5.11 Å². The molecule has 2 N–H and O–H groups in total. The molecule has 0 radical (unpaired) electrons. The Morgan fingerprint density at radius 3 is 2.71 bits per heavy atom. The van der Waals surface area contributed by atoms with Crippen molar-refractivity contribution in [1.29, 1.82) is 0 Å². The lowest BCUT2D eigenvalue weighted by molar-refractivity contribution is 0.277. The van der Waals surface area contributed by atoms with Gasteiger partial charge in [-0.3, -0.25) is 4.98 Å². The number of nitrogens with zero attached hydrogens (tertiary/aromatic N) is 1. The number of fused-ring (bicyclic) bond motifs is 1. The van der Waals surface area contributed by atoms with E-state index in [4.69, 9.17) is 0 Å². The molecule has 3 nitrogen and oxygen atoms in total. The van der Waals surface area contributed by atoms with Gasteiger partial charge in [-0.1, -0.05) is 46.3 Å². The molecule has 0 aliphatic heterocycles. The molecule has 2 aromatic carbocycles. The molecule has 0 saturated carbocycles. The van der Waals surface area contributed by atoms with E-state index in [1.807, 2.05) is 54.6 Å². The van der Waals surface area contributed by atoms with Crippen molar-refractivity contribution in [2.45, 2.75) is 6.04 Å². The molecule has 0 aliphatic carbocycles. The first kappa shape index (κ1) is 14.0.